The second-order valence-electron chi connectivity index (χ2n) is 7.32. The highest BCUT2D eigenvalue weighted by atomic mass is 16.5. The molecule has 0 spiro atoms. The average Bonchev–Trinajstić information content (AvgIpc) is 3.22. The Hall–Kier alpha value is -3.60. The summed E-state index contributed by atoms with van der Waals surface area (Å²) in [5.41, 5.74) is 4.85. The summed E-state index contributed by atoms with van der Waals surface area (Å²) in [6, 6.07) is 20.7. The number of nitrogens with zero attached hydrogens (tertiary/aromatic N) is 1. The van der Waals surface area contributed by atoms with E-state index >= 15 is 0 Å². The van der Waals surface area contributed by atoms with Crippen molar-refractivity contribution in [3.05, 3.63) is 77.9 Å². The Kier molecular flexibility index (Phi) is 5.53. The first kappa shape index (κ1) is 19.7. The Bertz CT molecular complexity index is 1200. The molecule has 0 aliphatic rings. The number of fused-ring (bicyclic) bond motifs is 1. The number of methoxy groups -OCH3 is 1. The van der Waals surface area contributed by atoms with E-state index in [1.165, 1.54) is 5.56 Å². The Morgan fingerprint density at radius 3 is 2.73 bits per heavy atom. The monoisotopic (exact) mass is 400 g/mol. The first-order valence-corrected chi connectivity index (χ1v) is 10.0. The van der Waals surface area contributed by atoms with Crippen molar-refractivity contribution >= 4 is 22.7 Å². The van der Waals surface area contributed by atoms with Crippen molar-refractivity contribution in [2.45, 2.75) is 26.2 Å². The fourth-order valence-corrected chi connectivity index (χ4v) is 3.31. The van der Waals surface area contributed by atoms with Crippen molar-refractivity contribution in [1.82, 2.24) is 4.98 Å². The van der Waals surface area contributed by atoms with Crippen LogP contribution in [0.25, 0.3) is 22.6 Å². The molecule has 152 valence electrons. The summed E-state index contributed by atoms with van der Waals surface area (Å²) in [5.74, 6) is 1.44. The highest BCUT2D eigenvalue weighted by Crippen LogP contribution is 2.29. The summed E-state index contributed by atoms with van der Waals surface area (Å²) in [5, 5.41) is 2.92. The third-order valence-corrected chi connectivity index (χ3v) is 5.29. The highest BCUT2D eigenvalue weighted by molar-refractivity contribution is 6.04. The van der Waals surface area contributed by atoms with Crippen molar-refractivity contribution in [3.8, 4) is 17.2 Å². The number of amides is 1. The van der Waals surface area contributed by atoms with Gasteiger partial charge in [0.2, 0.25) is 5.89 Å². The molecule has 1 aromatic heterocycles. The van der Waals surface area contributed by atoms with Crippen molar-refractivity contribution in [2.75, 3.05) is 12.4 Å². The molecule has 1 atom stereocenters. The van der Waals surface area contributed by atoms with E-state index in [-0.39, 0.29) is 5.91 Å². The smallest absolute Gasteiger partial charge is 0.255 e. The van der Waals surface area contributed by atoms with Crippen molar-refractivity contribution < 1.29 is 13.9 Å². The summed E-state index contributed by atoms with van der Waals surface area (Å²) in [6.45, 7) is 4.38. The lowest BCUT2D eigenvalue weighted by Gasteiger charge is -2.07. The lowest BCUT2D eigenvalue weighted by Crippen LogP contribution is -2.11. The Morgan fingerprint density at radius 1 is 1.10 bits per heavy atom. The number of benzene rings is 3. The zero-order valence-corrected chi connectivity index (χ0v) is 17.3. The second-order valence-corrected chi connectivity index (χ2v) is 7.32. The van der Waals surface area contributed by atoms with Gasteiger partial charge in [-0.2, -0.15) is 0 Å². The van der Waals surface area contributed by atoms with Gasteiger partial charge < -0.3 is 14.5 Å². The maximum absolute atomic E-state index is 12.6. The molecule has 0 fully saturated rings. The van der Waals surface area contributed by atoms with Crippen LogP contribution in [0, 0.1) is 0 Å². The van der Waals surface area contributed by atoms with Gasteiger partial charge in [0, 0.05) is 16.8 Å². The fraction of sp³-hybridized carbons (Fsp3) is 0.200. The SMILES string of the molecule is CC[C@H](C)c1ccc2oc(-c3cccc(NC(=O)c4cccc(OC)c4)c3)nc2c1. The fourth-order valence-electron chi connectivity index (χ4n) is 3.31. The average molecular weight is 400 g/mol. The van der Waals surface area contributed by atoms with Crippen LogP contribution < -0.4 is 10.1 Å². The molecule has 5 heteroatoms. The maximum atomic E-state index is 12.6. The van der Waals surface area contributed by atoms with Crippen LogP contribution in [-0.4, -0.2) is 18.0 Å². The zero-order valence-electron chi connectivity index (χ0n) is 17.3. The van der Waals surface area contributed by atoms with Gasteiger partial charge >= 0.3 is 0 Å². The molecule has 0 saturated carbocycles. The summed E-state index contributed by atoms with van der Waals surface area (Å²) < 4.78 is 11.1. The van der Waals surface area contributed by atoms with Gasteiger partial charge in [0.1, 0.15) is 11.3 Å². The number of hydrogen-bond donors (Lipinski definition) is 1. The molecule has 0 saturated heterocycles. The number of ether oxygens (including phenoxy) is 1. The number of nitrogens with one attached hydrogen (secondary N) is 1. The van der Waals surface area contributed by atoms with Gasteiger partial charge in [-0.25, -0.2) is 4.98 Å². The summed E-state index contributed by atoms with van der Waals surface area (Å²) in [7, 11) is 1.58. The van der Waals surface area contributed by atoms with Crippen molar-refractivity contribution in [3.63, 3.8) is 0 Å². The Morgan fingerprint density at radius 2 is 1.93 bits per heavy atom. The third-order valence-electron chi connectivity index (χ3n) is 5.29. The molecule has 1 N–H and O–H groups in total. The second kappa shape index (κ2) is 8.41. The molecule has 0 aliphatic heterocycles. The molecule has 0 radical (unpaired) electrons. The molecule has 4 aromatic rings. The molecule has 5 nitrogen and oxygen atoms in total. The first-order chi connectivity index (χ1) is 14.6. The van der Waals surface area contributed by atoms with Gasteiger partial charge in [0.15, 0.2) is 5.58 Å². The highest BCUT2D eigenvalue weighted by Gasteiger charge is 2.13. The number of rotatable bonds is 6. The number of carbonyl (C=O) groups excluding carboxylic acids is 1. The van der Waals surface area contributed by atoms with Crippen LogP contribution in [-0.2, 0) is 0 Å². The van der Waals surface area contributed by atoms with Crippen LogP contribution in [0.5, 0.6) is 5.75 Å². The number of oxazole rings is 1. The molecular formula is C25H24N2O3. The minimum atomic E-state index is -0.207. The lowest BCUT2D eigenvalue weighted by atomic mass is 9.98. The third kappa shape index (κ3) is 4.06. The first-order valence-electron chi connectivity index (χ1n) is 10.0. The van der Waals surface area contributed by atoms with Crippen LogP contribution >= 0.6 is 0 Å². The predicted octanol–water partition coefficient (Wildman–Crippen LogP) is 6.27. The molecule has 0 unspecified atom stereocenters. The van der Waals surface area contributed by atoms with Gasteiger partial charge in [0.05, 0.1) is 7.11 Å². The van der Waals surface area contributed by atoms with E-state index in [1.54, 1.807) is 31.4 Å². The van der Waals surface area contributed by atoms with Crippen molar-refractivity contribution in [2.24, 2.45) is 0 Å². The minimum absolute atomic E-state index is 0.207. The van der Waals surface area contributed by atoms with Crippen LogP contribution in [0.15, 0.2) is 71.1 Å². The van der Waals surface area contributed by atoms with E-state index in [4.69, 9.17) is 9.15 Å². The minimum Gasteiger partial charge on any atom is -0.497 e. The number of carbonyl (C=O) groups is 1. The Labute approximate surface area is 175 Å². The quantitative estimate of drug-likeness (QED) is 0.414. The van der Waals surface area contributed by atoms with Gasteiger partial charge in [-0.15, -0.1) is 0 Å². The van der Waals surface area contributed by atoms with Crippen LogP contribution in [0.2, 0.25) is 0 Å². The van der Waals surface area contributed by atoms with Crippen LogP contribution in [0.1, 0.15) is 42.1 Å². The molecule has 1 amide bonds. The molecule has 30 heavy (non-hydrogen) atoms. The summed E-state index contributed by atoms with van der Waals surface area (Å²) in [6.07, 6.45) is 1.07. The molecule has 0 bridgehead atoms. The standard InChI is InChI=1S/C25H24N2O3/c1-4-16(2)17-11-12-23-22(15-17)27-25(30-23)19-8-5-9-20(13-19)26-24(28)18-7-6-10-21(14-18)29-3/h5-16H,4H2,1-3H3,(H,26,28)/t16-/m0/s1. The van der Waals surface area contributed by atoms with E-state index in [9.17, 15) is 4.79 Å². The molecule has 0 aliphatic carbocycles. The lowest BCUT2D eigenvalue weighted by molar-refractivity contribution is 0.102. The largest absolute Gasteiger partial charge is 0.497 e. The van der Waals surface area contributed by atoms with Crippen LogP contribution in [0.3, 0.4) is 0 Å². The number of aromatic nitrogens is 1. The number of hydrogen-bond acceptors (Lipinski definition) is 4. The predicted molar refractivity (Wildman–Crippen MR) is 119 cm³/mol. The van der Waals surface area contributed by atoms with E-state index in [2.05, 4.69) is 36.3 Å². The van der Waals surface area contributed by atoms with Crippen molar-refractivity contribution in [1.29, 1.82) is 0 Å². The van der Waals surface area contributed by atoms with Gasteiger partial charge in [0.25, 0.3) is 5.91 Å². The van der Waals surface area contributed by atoms with Gasteiger partial charge in [-0.1, -0.05) is 32.0 Å². The molecule has 4 rings (SSSR count). The number of anilines is 1. The zero-order chi connectivity index (χ0) is 21.1. The normalized spacial score (nSPS) is 12.0. The van der Waals surface area contributed by atoms with Gasteiger partial charge in [-0.3, -0.25) is 4.79 Å². The maximum Gasteiger partial charge on any atom is 0.255 e. The van der Waals surface area contributed by atoms with E-state index in [1.807, 2.05) is 30.3 Å². The van der Waals surface area contributed by atoms with E-state index < -0.39 is 0 Å². The van der Waals surface area contributed by atoms with E-state index in [0.29, 0.717) is 28.8 Å². The molecular weight excluding hydrogens is 376 g/mol. The molecule has 3 aromatic carbocycles. The Balaban J connectivity index is 1.59. The van der Waals surface area contributed by atoms with Gasteiger partial charge in [-0.05, 0) is 66.4 Å². The van der Waals surface area contributed by atoms with Crippen LogP contribution in [0.4, 0.5) is 5.69 Å². The summed E-state index contributed by atoms with van der Waals surface area (Å²) in [4.78, 5) is 17.3. The summed E-state index contributed by atoms with van der Waals surface area (Å²) >= 11 is 0. The topological polar surface area (TPSA) is 64.4 Å². The molecule has 1 heterocycles. The van der Waals surface area contributed by atoms with E-state index in [0.717, 1.165) is 23.1 Å².